The highest BCUT2D eigenvalue weighted by molar-refractivity contribution is 6.16. The van der Waals surface area contributed by atoms with Gasteiger partial charge in [-0.1, -0.05) is 44.2 Å². The summed E-state index contributed by atoms with van der Waals surface area (Å²) < 4.78 is 15.4. The Bertz CT molecular complexity index is 1360. The zero-order chi connectivity index (χ0) is 35.4. The number of piperidine rings is 2. The van der Waals surface area contributed by atoms with Crippen molar-refractivity contribution in [3.63, 3.8) is 0 Å². The standard InChI is InChI=1S/C32H42N8O.C4H8.C2H6.CH3F/c33-30(25-6-8-28(9-7-25)41-27-4-2-1-3-5-27)29-31(34)36-22-37-32(29)38-26-12-16-39(17-13-26)19-24-20-40(21-24)18-23-10-14-35-15-11-23;1-3-4-2;2*1-2/h1-9,22-24,26,33,35H,10-21H2,(H3,34,36,37,38);3-4H,1-2H3;1-2H3;1H3/b;4-3-;;. The molecule has 10 heteroatoms. The lowest BCUT2D eigenvalue weighted by atomic mass is 9.92. The fourth-order valence-electron chi connectivity index (χ4n) is 6.40. The van der Waals surface area contributed by atoms with E-state index in [-0.39, 0.29) is 0 Å². The highest BCUT2D eigenvalue weighted by Crippen LogP contribution is 2.28. The van der Waals surface area contributed by atoms with Gasteiger partial charge in [0.15, 0.2) is 0 Å². The molecule has 0 unspecified atom stereocenters. The van der Waals surface area contributed by atoms with Crippen molar-refractivity contribution in [2.45, 2.75) is 59.4 Å². The molecule has 0 radical (unpaired) electrons. The molecular formula is C39H59FN8O. The Morgan fingerprint density at radius 3 is 2.08 bits per heavy atom. The molecular weight excluding hydrogens is 615 g/mol. The maximum atomic E-state index is 9.50. The van der Waals surface area contributed by atoms with Crippen molar-refractivity contribution >= 4 is 17.3 Å². The zero-order valence-corrected chi connectivity index (χ0v) is 30.3. The Kier molecular flexibility index (Phi) is 17.7. The molecule has 9 nitrogen and oxygen atoms in total. The number of nitrogen functional groups attached to an aromatic ring is 1. The Morgan fingerprint density at radius 1 is 0.878 bits per heavy atom. The maximum absolute atomic E-state index is 9.50. The average molecular weight is 675 g/mol. The summed E-state index contributed by atoms with van der Waals surface area (Å²) in [7, 11) is 0.500. The van der Waals surface area contributed by atoms with Crippen LogP contribution in [0, 0.1) is 17.2 Å². The number of benzene rings is 2. The highest BCUT2D eigenvalue weighted by atomic mass is 19.1. The summed E-state index contributed by atoms with van der Waals surface area (Å²) in [5, 5.41) is 16.0. The van der Waals surface area contributed by atoms with E-state index in [1.165, 1.54) is 58.4 Å². The molecule has 49 heavy (non-hydrogen) atoms. The predicted octanol–water partition coefficient (Wildman–Crippen LogP) is 7.27. The first-order valence-corrected chi connectivity index (χ1v) is 17.9. The number of allylic oxidation sites excluding steroid dienone is 2. The second-order valence-electron chi connectivity index (χ2n) is 12.5. The summed E-state index contributed by atoms with van der Waals surface area (Å²) in [6.45, 7) is 17.5. The summed E-state index contributed by atoms with van der Waals surface area (Å²) in [5.41, 5.74) is 7.88. The van der Waals surface area contributed by atoms with Crippen LogP contribution in [-0.2, 0) is 0 Å². The molecule has 3 saturated heterocycles. The van der Waals surface area contributed by atoms with Crippen LogP contribution >= 0.6 is 0 Å². The quantitative estimate of drug-likeness (QED) is 0.131. The van der Waals surface area contributed by atoms with Gasteiger partial charge < -0.3 is 30.9 Å². The summed E-state index contributed by atoms with van der Waals surface area (Å²) in [6.07, 6.45) is 10.2. The van der Waals surface area contributed by atoms with E-state index in [0.29, 0.717) is 41.9 Å². The maximum Gasteiger partial charge on any atom is 0.141 e. The lowest BCUT2D eigenvalue weighted by molar-refractivity contribution is 0.0439. The number of ether oxygens (including phenoxy) is 1. The average Bonchev–Trinajstić information content (AvgIpc) is 3.14. The van der Waals surface area contributed by atoms with E-state index in [2.05, 4.69) is 30.4 Å². The third-order valence-electron chi connectivity index (χ3n) is 9.03. The molecule has 5 N–H and O–H groups in total. The second kappa shape index (κ2) is 22.0. The van der Waals surface area contributed by atoms with Gasteiger partial charge in [0.05, 0.1) is 18.5 Å². The Hall–Kier alpha value is -3.86. The van der Waals surface area contributed by atoms with Crippen LogP contribution in [0.3, 0.4) is 0 Å². The molecule has 2 aromatic carbocycles. The molecule has 3 aliphatic rings. The first-order chi connectivity index (χ1) is 24.0. The van der Waals surface area contributed by atoms with E-state index in [4.69, 9.17) is 15.9 Å². The van der Waals surface area contributed by atoms with Crippen LogP contribution in [0.5, 0.6) is 11.5 Å². The zero-order valence-electron chi connectivity index (χ0n) is 30.3. The fourth-order valence-corrected chi connectivity index (χ4v) is 6.40. The molecule has 3 aliphatic heterocycles. The molecule has 4 heterocycles. The first kappa shape index (κ1) is 39.6. The van der Waals surface area contributed by atoms with Gasteiger partial charge >= 0.3 is 0 Å². The van der Waals surface area contributed by atoms with E-state index < -0.39 is 0 Å². The number of nitrogens with one attached hydrogen (secondary N) is 3. The molecule has 0 spiro atoms. The van der Waals surface area contributed by atoms with Crippen molar-refractivity contribution in [3.8, 4) is 11.5 Å². The highest BCUT2D eigenvalue weighted by Gasteiger charge is 2.31. The van der Waals surface area contributed by atoms with Crippen molar-refractivity contribution < 1.29 is 9.13 Å². The molecule has 6 rings (SSSR count). The minimum absolute atomic E-state index is 0.298. The second-order valence-corrected chi connectivity index (χ2v) is 12.5. The molecule has 0 atom stereocenters. The third-order valence-corrected chi connectivity index (χ3v) is 9.03. The van der Waals surface area contributed by atoms with Crippen molar-refractivity contribution in [3.05, 3.63) is 84.2 Å². The molecule has 268 valence electrons. The molecule has 0 saturated carbocycles. The normalized spacial score (nSPS) is 17.3. The number of hydrogen-bond acceptors (Lipinski definition) is 9. The van der Waals surface area contributed by atoms with Crippen molar-refractivity contribution in [2.75, 3.05) is 70.6 Å². The molecule has 3 aromatic rings. The topological polar surface area (TPSA) is 115 Å². The van der Waals surface area contributed by atoms with Crippen LogP contribution in [0.1, 0.15) is 64.5 Å². The third kappa shape index (κ3) is 12.5. The van der Waals surface area contributed by atoms with Gasteiger partial charge in [0.25, 0.3) is 0 Å². The molecule has 1 aromatic heterocycles. The number of hydrogen-bond donors (Lipinski definition) is 4. The first-order valence-electron chi connectivity index (χ1n) is 17.9. The number of alkyl halides is 1. The molecule has 3 fully saturated rings. The van der Waals surface area contributed by atoms with Crippen molar-refractivity contribution in [1.82, 2.24) is 25.1 Å². The van der Waals surface area contributed by atoms with Gasteiger partial charge in [-0.3, -0.25) is 9.80 Å². The minimum atomic E-state index is 0.298. The van der Waals surface area contributed by atoms with Crippen LogP contribution in [0.2, 0.25) is 0 Å². The smallest absolute Gasteiger partial charge is 0.141 e. The number of rotatable bonds is 10. The van der Waals surface area contributed by atoms with E-state index in [9.17, 15) is 4.39 Å². The summed E-state index contributed by atoms with van der Waals surface area (Å²) in [4.78, 5) is 14.0. The Labute approximate surface area is 294 Å². The SMILES string of the molecule is C/C=C\C.CC.CF.N=C(c1ccc(Oc2ccccc2)cc1)c1c(N)ncnc1NC1CCN(CC2CN(CC3CCNCC3)C2)CC1. The lowest BCUT2D eigenvalue weighted by Crippen LogP contribution is -2.54. The van der Waals surface area contributed by atoms with E-state index in [1.807, 2.05) is 94.4 Å². The van der Waals surface area contributed by atoms with Crippen LogP contribution in [-0.4, -0.2) is 91.1 Å². The van der Waals surface area contributed by atoms with Crippen LogP contribution < -0.4 is 21.1 Å². The van der Waals surface area contributed by atoms with Gasteiger partial charge in [0.2, 0.25) is 0 Å². The lowest BCUT2D eigenvalue weighted by Gasteiger charge is -2.44. The number of halogens is 1. The number of likely N-dealkylation sites (tertiary alicyclic amines) is 2. The van der Waals surface area contributed by atoms with E-state index >= 15 is 0 Å². The van der Waals surface area contributed by atoms with Crippen LogP contribution in [0.4, 0.5) is 16.0 Å². The number of nitrogens with zero attached hydrogens (tertiary/aromatic N) is 4. The summed E-state index contributed by atoms with van der Waals surface area (Å²) >= 11 is 0. The van der Waals surface area contributed by atoms with Crippen LogP contribution in [0.25, 0.3) is 0 Å². The molecule has 0 amide bonds. The summed E-state index contributed by atoms with van der Waals surface area (Å²) in [6, 6.07) is 17.5. The Balaban J connectivity index is 0.000000747. The van der Waals surface area contributed by atoms with E-state index in [0.717, 1.165) is 49.1 Å². The van der Waals surface area contributed by atoms with Gasteiger partial charge in [0.1, 0.15) is 29.5 Å². The van der Waals surface area contributed by atoms with Gasteiger partial charge in [0, 0.05) is 50.9 Å². The predicted molar refractivity (Wildman–Crippen MR) is 203 cm³/mol. The number of para-hydroxylation sites is 1. The number of aromatic nitrogens is 2. The molecule has 0 bridgehead atoms. The monoisotopic (exact) mass is 674 g/mol. The largest absolute Gasteiger partial charge is 0.457 e. The van der Waals surface area contributed by atoms with Crippen molar-refractivity contribution in [2.24, 2.45) is 11.8 Å². The fraction of sp³-hybridized carbons (Fsp3) is 0.513. The van der Waals surface area contributed by atoms with Crippen LogP contribution in [0.15, 0.2) is 73.1 Å². The van der Waals surface area contributed by atoms with Gasteiger partial charge in [-0.2, -0.15) is 0 Å². The summed E-state index contributed by atoms with van der Waals surface area (Å²) in [5.74, 6) is 4.13. The van der Waals surface area contributed by atoms with Gasteiger partial charge in [-0.05, 0) is 101 Å². The minimum Gasteiger partial charge on any atom is -0.457 e. The van der Waals surface area contributed by atoms with Crippen molar-refractivity contribution in [1.29, 1.82) is 5.41 Å². The number of anilines is 2. The van der Waals surface area contributed by atoms with Gasteiger partial charge in [-0.15, -0.1) is 0 Å². The Morgan fingerprint density at radius 2 is 1.47 bits per heavy atom. The number of nitrogens with two attached hydrogens (primary N) is 1. The molecule has 0 aliphatic carbocycles. The van der Waals surface area contributed by atoms with E-state index in [1.54, 1.807) is 0 Å². The van der Waals surface area contributed by atoms with Gasteiger partial charge in [-0.25, -0.2) is 9.97 Å².